The van der Waals surface area contributed by atoms with E-state index in [-0.39, 0.29) is 24.8 Å². The van der Waals surface area contributed by atoms with Gasteiger partial charge in [-0.2, -0.15) is 0 Å². The predicted molar refractivity (Wildman–Crippen MR) is 183 cm³/mol. The standard InChI is InChI=1S/C21H13.C13H8Br2.C5H5.2ClH.Zr/c1-2-8-15-14(7-1)13-20-18-11-4-3-9-16(18)17-10-5-6-12-19(17)21(15)20;14-12-5-1-3-10(8-12)7-11-4-2-6-13(15)9-11;1-2-4-5-3-1;;;/h1-10,12H,13H2;1-6,8-9H;1-5H;2*1H;/q;;;;;+2/p-2. The summed E-state index contributed by atoms with van der Waals surface area (Å²) in [6.45, 7) is 0. The summed E-state index contributed by atoms with van der Waals surface area (Å²) in [5.41, 5.74) is 8.43. The number of hydrogen-bond donors (Lipinski definition) is 0. The molecule has 0 saturated carbocycles. The molecule has 0 nitrogen and oxygen atoms in total. The van der Waals surface area contributed by atoms with Gasteiger partial charge < -0.3 is 24.8 Å². The van der Waals surface area contributed by atoms with Crippen molar-refractivity contribution >= 4 is 59.9 Å². The topological polar surface area (TPSA) is 0 Å². The van der Waals surface area contributed by atoms with Gasteiger partial charge in [0.1, 0.15) is 0 Å². The van der Waals surface area contributed by atoms with E-state index in [1.807, 2.05) is 0 Å². The molecule has 0 N–H and O–H groups in total. The first kappa shape index (κ1) is 31.6. The smallest absolute Gasteiger partial charge is 1.00 e. The van der Waals surface area contributed by atoms with Gasteiger partial charge in [-0.25, -0.2) is 0 Å². The Kier molecular flexibility index (Phi) is 9.44. The van der Waals surface area contributed by atoms with Crippen molar-refractivity contribution in [2.45, 2.75) is 10.0 Å². The quantitative estimate of drug-likeness (QED) is 0.230. The minimum atomic E-state index is -2.76. The second-order valence-corrected chi connectivity index (χ2v) is 19.1. The van der Waals surface area contributed by atoms with E-state index in [0.29, 0.717) is 3.63 Å². The SMILES string of the molecule is Brc1cccc([C](c2cccc(Br)c2)=[Zr+2]([c]2cccc3c2c2c(c4ccccc43)-c3ccccc3C2)[CH]2C=CC=C2)c1.[Cl-].[Cl-]. The van der Waals surface area contributed by atoms with Gasteiger partial charge >= 0.3 is 273 Å². The second kappa shape index (κ2) is 13.2. The van der Waals surface area contributed by atoms with Crippen LogP contribution in [0.2, 0.25) is 3.63 Å². The van der Waals surface area contributed by atoms with Crippen LogP contribution in [0.1, 0.15) is 22.3 Å². The van der Waals surface area contributed by atoms with Crippen molar-refractivity contribution in [3.8, 4) is 11.1 Å². The molecule has 8 rings (SSSR count). The van der Waals surface area contributed by atoms with Gasteiger partial charge in [0.2, 0.25) is 0 Å². The van der Waals surface area contributed by atoms with E-state index in [1.54, 1.807) is 3.27 Å². The fourth-order valence-electron chi connectivity index (χ4n) is 7.01. The van der Waals surface area contributed by atoms with Gasteiger partial charge in [0.25, 0.3) is 0 Å². The Hall–Kier alpha value is -2.39. The summed E-state index contributed by atoms with van der Waals surface area (Å²) in [5.74, 6) is 0. The fourth-order valence-corrected chi connectivity index (χ4v) is 16.0. The molecule has 5 heteroatoms. The Bertz CT molecular complexity index is 2100. The third-order valence-electron chi connectivity index (χ3n) is 8.68. The average Bonchev–Trinajstić information content (AvgIpc) is 3.68. The van der Waals surface area contributed by atoms with Crippen LogP contribution >= 0.6 is 31.9 Å². The van der Waals surface area contributed by atoms with Crippen molar-refractivity contribution in [3.63, 3.8) is 0 Å². The van der Waals surface area contributed by atoms with E-state index in [4.69, 9.17) is 0 Å². The first-order chi connectivity index (χ1) is 20.7. The van der Waals surface area contributed by atoms with Gasteiger partial charge in [-0.15, -0.1) is 0 Å². The molecule has 0 unspecified atom stereocenters. The third-order valence-corrected chi connectivity index (χ3v) is 17.4. The molecule has 2 aliphatic carbocycles. The molecule has 0 saturated heterocycles. The van der Waals surface area contributed by atoms with Crippen LogP contribution in [-0.4, -0.2) is 3.21 Å². The number of hydrogen-bond acceptors (Lipinski definition) is 0. The normalized spacial score (nSPS) is 12.8. The maximum absolute atomic E-state index is 3.80. The molecule has 0 aliphatic heterocycles. The summed E-state index contributed by atoms with van der Waals surface area (Å²) in [7, 11) is 0. The number of fused-ring (bicyclic) bond motifs is 8. The van der Waals surface area contributed by atoms with Crippen LogP contribution in [0.5, 0.6) is 0 Å². The van der Waals surface area contributed by atoms with Crippen molar-refractivity contribution in [1.82, 2.24) is 0 Å². The zero-order valence-corrected chi connectivity index (χ0v) is 30.7. The largest absolute Gasteiger partial charge is 1.00 e. The van der Waals surface area contributed by atoms with Crippen LogP contribution in [0.15, 0.2) is 149 Å². The molecule has 0 bridgehead atoms. The number of allylic oxidation sites excluding steroid dienone is 4. The van der Waals surface area contributed by atoms with Crippen LogP contribution in [0.4, 0.5) is 0 Å². The van der Waals surface area contributed by atoms with Crippen molar-refractivity contribution in [1.29, 1.82) is 0 Å². The summed E-state index contributed by atoms with van der Waals surface area (Å²) in [4.78, 5) is 0. The van der Waals surface area contributed by atoms with E-state index in [0.717, 1.165) is 15.4 Å². The van der Waals surface area contributed by atoms with Gasteiger partial charge in [0, 0.05) is 0 Å². The zero-order chi connectivity index (χ0) is 28.2. The summed E-state index contributed by atoms with van der Waals surface area (Å²) >= 11 is 4.84. The Labute approximate surface area is 295 Å². The van der Waals surface area contributed by atoms with Gasteiger partial charge in [-0.05, 0) is 0 Å². The van der Waals surface area contributed by atoms with E-state index in [2.05, 4.69) is 171 Å². The van der Waals surface area contributed by atoms with Gasteiger partial charge in [0.15, 0.2) is 0 Å². The molecule has 0 amide bonds. The molecule has 44 heavy (non-hydrogen) atoms. The summed E-state index contributed by atoms with van der Waals surface area (Å²) < 4.78 is 5.78. The first-order valence-electron chi connectivity index (χ1n) is 14.3. The Morgan fingerprint density at radius 1 is 0.614 bits per heavy atom. The Morgan fingerprint density at radius 2 is 1.20 bits per heavy atom. The first-order valence-corrected chi connectivity index (χ1v) is 19.8. The molecule has 6 aromatic carbocycles. The summed E-state index contributed by atoms with van der Waals surface area (Å²) in [5, 5.41) is 5.61. The maximum atomic E-state index is 3.80. The third kappa shape index (κ3) is 5.40. The molecule has 0 radical (unpaired) electrons. The molecular weight excluding hydrogens is 790 g/mol. The molecule has 6 aromatic rings. The average molecular weight is 817 g/mol. The van der Waals surface area contributed by atoms with Crippen LogP contribution in [0.3, 0.4) is 0 Å². The molecule has 0 spiro atoms. The summed E-state index contributed by atoms with van der Waals surface area (Å²) in [6.07, 6.45) is 10.4. The van der Waals surface area contributed by atoms with Crippen molar-refractivity contribution in [2.75, 3.05) is 0 Å². The number of benzene rings is 6. The zero-order valence-electron chi connectivity index (χ0n) is 23.6. The monoisotopic (exact) mass is 812 g/mol. The predicted octanol–water partition coefficient (Wildman–Crippen LogP) is 4.52. The van der Waals surface area contributed by atoms with Gasteiger partial charge in [0.05, 0.1) is 0 Å². The van der Waals surface area contributed by atoms with Crippen LogP contribution in [-0.2, 0) is 27.7 Å². The minimum Gasteiger partial charge on any atom is -1.00 e. The van der Waals surface area contributed by atoms with Crippen molar-refractivity contribution in [2.24, 2.45) is 0 Å². The van der Waals surface area contributed by atoms with E-state index in [1.165, 1.54) is 58.1 Å². The van der Waals surface area contributed by atoms with E-state index >= 15 is 0 Å². The molecule has 2 aliphatic rings. The van der Waals surface area contributed by atoms with Gasteiger partial charge in [-0.1, -0.05) is 0 Å². The molecule has 0 fully saturated rings. The molecular formula is C39H26Br2Cl2Zr. The maximum Gasteiger partial charge on any atom is -1.00 e. The van der Waals surface area contributed by atoms with E-state index in [9.17, 15) is 0 Å². The van der Waals surface area contributed by atoms with Crippen LogP contribution < -0.4 is 28.1 Å². The fraction of sp³-hybridized carbons (Fsp3) is 0.0513. The second-order valence-electron chi connectivity index (χ2n) is 11.1. The van der Waals surface area contributed by atoms with Gasteiger partial charge in [-0.3, -0.25) is 0 Å². The molecule has 214 valence electrons. The Balaban J connectivity index is 0.00000171. The van der Waals surface area contributed by atoms with E-state index < -0.39 is 21.3 Å². The van der Waals surface area contributed by atoms with Crippen LogP contribution in [0.25, 0.3) is 32.7 Å². The van der Waals surface area contributed by atoms with Crippen molar-refractivity contribution < 1.29 is 46.1 Å². The van der Waals surface area contributed by atoms with Crippen molar-refractivity contribution in [3.05, 3.63) is 171 Å². The molecule has 0 aromatic heterocycles. The summed E-state index contributed by atoms with van der Waals surface area (Å²) in [6, 6.07) is 43.1. The molecule has 0 atom stereocenters. The Morgan fingerprint density at radius 3 is 1.89 bits per heavy atom. The minimum absolute atomic E-state index is 0. The number of halogens is 4. The molecule has 0 heterocycles. The number of rotatable bonds is 4. The van der Waals surface area contributed by atoms with Crippen LogP contribution in [0, 0.1) is 0 Å².